The molecular weight excluding hydrogens is 260 g/mol. The monoisotopic (exact) mass is 286 g/mol. The summed E-state index contributed by atoms with van der Waals surface area (Å²) in [6, 6.07) is 8.51. The molecule has 2 aliphatic carbocycles. The molecule has 0 saturated heterocycles. The fourth-order valence-electron chi connectivity index (χ4n) is 3.96. The molecule has 0 aliphatic heterocycles. The molecule has 21 heavy (non-hydrogen) atoms. The van der Waals surface area contributed by atoms with Crippen LogP contribution >= 0.6 is 0 Å². The van der Waals surface area contributed by atoms with Crippen molar-refractivity contribution in [1.82, 2.24) is 0 Å². The highest BCUT2D eigenvalue weighted by atomic mass is 16.4. The van der Waals surface area contributed by atoms with Crippen LogP contribution in [0.5, 0.6) is 0 Å². The summed E-state index contributed by atoms with van der Waals surface area (Å²) in [4.78, 5) is 11.6. The van der Waals surface area contributed by atoms with Gasteiger partial charge in [-0.1, -0.05) is 44.5 Å². The number of aliphatic carboxylic acids is 1. The van der Waals surface area contributed by atoms with Crippen LogP contribution < -0.4 is 0 Å². The summed E-state index contributed by atoms with van der Waals surface area (Å²) in [5.74, 6) is 0.00941. The van der Waals surface area contributed by atoms with Gasteiger partial charge in [0.1, 0.15) is 0 Å². The summed E-state index contributed by atoms with van der Waals surface area (Å²) < 4.78 is 0. The first-order valence-corrected chi connectivity index (χ1v) is 8.27. The summed E-state index contributed by atoms with van der Waals surface area (Å²) in [5.41, 5.74) is 2.30. The van der Waals surface area contributed by atoms with Gasteiger partial charge in [-0.05, 0) is 61.0 Å². The van der Waals surface area contributed by atoms with E-state index in [9.17, 15) is 9.90 Å². The van der Waals surface area contributed by atoms with Crippen molar-refractivity contribution in [2.75, 3.05) is 0 Å². The molecule has 2 heteroatoms. The highest BCUT2D eigenvalue weighted by molar-refractivity contribution is 5.82. The van der Waals surface area contributed by atoms with E-state index in [1.165, 1.54) is 31.2 Å². The first kappa shape index (κ1) is 14.6. The van der Waals surface area contributed by atoms with Crippen molar-refractivity contribution >= 4 is 5.97 Å². The van der Waals surface area contributed by atoms with Crippen LogP contribution in [0.2, 0.25) is 0 Å². The van der Waals surface area contributed by atoms with Gasteiger partial charge in [0, 0.05) is 0 Å². The molecule has 2 saturated carbocycles. The normalized spacial score (nSPS) is 24.3. The Morgan fingerprint density at radius 3 is 2.05 bits per heavy atom. The Morgan fingerprint density at radius 2 is 1.62 bits per heavy atom. The third-order valence-electron chi connectivity index (χ3n) is 5.89. The first-order chi connectivity index (χ1) is 9.93. The zero-order chi connectivity index (χ0) is 15.1. The molecule has 1 aromatic carbocycles. The van der Waals surface area contributed by atoms with E-state index in [2.05, 4.69) is 38.1 Å². The van der Waals surface area contributed by atoms with Gasteiger partial charge in [-0.2, -0.15) is 0 Å². The molecule has 3 rings (SSSR count). The third kappa shape index (κ3) is 2.61. The number of benzene rings is 1. The molecule has 2 fully saturated rings. The third-order valence-corrected chi connectivity index (χ3v) is 5.89. The van der Waals surface area contributed by atoms with Gasteiger partial charge in [-0.25, -0.2) is 0 Å². The predicted molar refractivity (Wildman–Crippen MR) is 84.6 cm³/mol. The molecule has 0 spiro atoms. The predicted octanol–water partition coefficient (Wildman–Crippen LogP) is 4.88. The number of carboxylic acids is 1. The highest BCUT2D eigenvalue weighted by Crippen LogP contribution is 2.45. The van der Waals surface area contributed by atoms with Crippen molar-refractivity contribution in [2.45, 2.75) is 70.1 Å². The van der Waals surface area contributed by atoms with Gasteiger partial charge >= 0.3 is 5.97 Å². The second-order valence-corrected chi connectivity index (χ2v) is 7.80. The van der Waals surface area contributed by atoms with Crippen LogP contribution in [0.1, 0.15) is 75.8 Å². The molecule has 0 bridgehead atoms. The van der Waals surface area contributed by atoms with E-state index in [-0.39, 0.29) is 0 Å². The Bertz CT molecular complexity index is 513. The average molecular weight is 286 g/mol. The highest BCUT2D eigenvalue weighted by Gasteiger charge is 2.45. The van der Waals surface area contributed by atoms with Crippen LogP contribution in [-0.2, 0) is 10.2 Å². The van der Waals surface area contributed by atoms with Gasteiger partial charge in [0.15, 0.2) is 0 Å². The molecule has 0 radical (unpaired) electrons. The SMILES string of the molecule is CC1(C)CCC(c2ccc(C3(C(=O)O)CCC3)cc2)CC1. The fourth-order valence-corrected chi connectivity index (χ4v) is 3.96. The zero-order valence-electron chi connectivity index (χ0n) is 13.2. The van der Waals surface area contributed by atoms with Crippen LogP contribution in [0.15, 0.2) is 24.3 Å². The quantitative estimate of drug-likeness (QED) is 0.860. The topological polar surface area (TPSA) is 37.3 Å². The number of carboxylic acid groups (broad SMARTS) is 1. The molecule has 0 heterocycles. The maximum Gasteiger partial charge on any atom is 0.314 e. The first-order valence-electron chi connectivity index (χ1n) is 8.27. The van der Waals surface area contributed by atoms with E-state index in [0.717, 1.165) is 24.8 Å². The molecule has 0 aromatic heterocycles. The van der Waals surface area contributed by atoms with Crippen LogP contribution in [0.4, 0.5) is 0 Å². The van der Waals surface area contributed by atoms with Crippen molar-refractivity contribution in [3.8, 4) is 0 Å². The summed E-state index contributed by atoms with van der Waals surface area (Å²) >= 11 is 0. The van der Waals surface area contributed by atoms with Gasteiger partial charge in [-0.15, -0.1) is 0 Å². The van der Waals surface area contributed by atoms with E-state index in [4.69, 9.17) is 0 Å². The molecule has 0 amide bonds. The fraction of sp³-hybridized carbons (Fsp3) is 0.632. The zero-order valence-corrected chi connectivity index (χ0v) is 13.2. The Morgan fingerprint density at radius 1 is 1.05 bits per heavy atom. The van der Waals surface area contributed by atoms with Crippen LogP contribution in [0.3, 0.4) is 0 Å². The summed E-state index contributed by atoms with van der Waals surface area (Å²) in [7, 11) is 0. The number of hydrogen-bond acceptors (Lipinski definition) is 1. The van der Waals surface area contributed by atoms with Crippen molar-refractivity contribution < 1.29 is 9.90 Å². The lowest BCUT2D eigenvalue weighted by Crippen LogP contribution is -2.42. The van der Waals surface area contributed by atoms with Gasteiger partial charge in [0.05, 0.1) is 5.41 Å². The molecule has 0 atom stereocenters. The lowest BCUT2D eigenvalue weighted by atomic mass is 9.64. The second-order valence-electron chi connectivity index (χ2n) is 7.80. The van der Waals surface area contributed by atoms with Crippen LogP contribution in [0.25, 0.3) is 0 Å². The summed E-state index contributed by atoms with van der Waals surface area (Å²) in [5, 5.41) is 9.51. The molecular formula is C19H26O2. The maximum atomic E-state index is 11.6. The Kier molecular flexibility index (Phi) is 3.59. The van der Waals surface area contributed by atoms with E-state index < -0.39 is 11.4 Å². The van der Waals surface area contributed by atoms with Crippen molar-refractivity contribution in [1.29, 1.82) is 0 Å². The molecule has 1 N–H and O–H groups in total. The van der Waals surface area contributed by atoms with Crippen LogP contribution in [0, 0.1) is 5.41 Å². The maximum absolute atomic E-state index is 11.6. The minimum absolute atomic E-state index is 0.496. The van der Waals surface area contributed by atoms with Crippen molar-refractivity contribution in [3.63, 3.8) is 0 Å². The van der Waals surface area contributed by atoms with E-state index in [1.54, 1.807) is 0 Å². The number of rotatable bonds is 3. The van der Waals surface area contributed by atoms with E-state index in [0.29, 0.717) is 11.3 Å². The lowest BCUT2D eigenvalue weighted by molar-refractivity contribution is -0.147. The minimum Gasteiger partial charge on any atom is -0.481 e. The molecule has 0 unspecified atom stereocenters. The van der Waals surface area contributed by atoms with Gasteiger partial charge in [-0.3, -0.25) is 4.79 Å². The van der Waals surface area contributed by atoms with E-state index in [1.807, 2.05) is 0 Å². The summed E-state index contributed by atoms with van der Waals surface area (Å²) in [6.07, 6.45) is 7.72. The summed E-state index contributed by atoms with van der Waals surface area (Å²) in [6.45, 7) is 4.72. The minimum atomic E-state index is -0.652. The Balaban J connectivity index is 1.74. The Hall–Kier alpha value is -1.31. The smallest absolute Gasteiger partial charge is 0.314 e. The van der Waals surface area contributed by atoms with Gasteiger partial charge in [0.2, 0.25) is 0 Å². The largest absolute Gasteiger partial charge is 0.481 e. The molecule has 114 valence electrons. The van der Waals surface area contributed by atoms with Gasteiger partial charge in [0.25, 0.3) is 0 Å². The number of carbonyl (C=O) groups is 1. The van der Waals surface area contributed by atoms with E-state index >= 15 is 0 Å². The van der Waals surface area contributed by atoms with Crippen molar-refractivity contribution in [3.05, 3.63) is 35.4 Å². The van der Waals surface area contributed by atoms with Gasteiger partial charge < -0.3 is 5.11 Å². The lowest BCUT2D eigenvalue weighted by Gasteiger charge is -2.38. The molecule has 2 aliphatic rings. The molecule has 1 aromatic rings. The number of hydrogen-bond donors (Lipinski definition) is 1. The second kappa shape index (κ2) is 5.15. The molecule has 2 nitrogen and oxygen atoms in total. The average Bonchev–Trinajstić information content (AvgIpc) is 2.38. The standard InChI is InChI=1S/C19H26O2/c1-18(2)12-8-15(9-13-18)14-4-6-16(7-5-14)19(17(20)21)10-3-11-19/h4-7,15H,3,8-13H2,1-2H3,(H,20,21). The van der Waals surface area contributed by atoms with Crippen LogP contribution in [-0.4, -0.2) is 11.1 Å². The van der Waals surface area contributed by atoms with Crippen molar-refractivity contribution in [2.24, 2.45) is 5.41 Å². The Labute approximate surface area is 127 Å².